The highest BCUT2D eigenvalue weighted by Crippen LogP contribution is 2.27. The first-order valence-corrected chi connectivity index (χ1v) is 10.2. The molecule has 8 nitrogen and oxygen atoms in total. The summed E-state index contributed by atoms with van der Waals surface area (Å²) >= 11 is 0. The van der Waals surface area contributed by atoms with E-state index in [0.29, 0.717) is 42.0 Å². The van der Waals surface area contributed by atoms with Crippen molar-refractivity contribution < 1.29 is 9.66 Å². The molecule has 1 unspecified atom stereocenters. The van der Waals surface area contributed by atoms with Gasteiger partial charge in [0.05, 0.1) is 41.3 Å². The summed E-state index contributed by atoms with van der Waals surface area (Å²) in [6.45, 7) is 5.77. The van der Waals surface area contributed by atoms with E-state index in [-0.39, 0.29) is 11.7 Å². The molecule has 1 aromatic heterocycles. The van der Waals surface area contributed by atoms with Crippen molar-refractivity contribution >= 4 is 22.4 Å². The van der Waals surface area contributed by atoms with Gasteiger partial charge in [-0.2, -0.15) is 5.26 Å². The Kier molecular flexibility index (Phi) is 6.07. The molecular weight excluding hydrogens is 394 g/mol. The molecule has 1 saturated heterocycles. The van der Waals surface area contributed by atoms with Gasteiger partial charge in [0, 0.05) is 37.2 Å². The highest BCUT2D eigenvalue weighted by Gasteiger charge is 2.23. The molecular formula is C23H23N5O3. The number of hydrogen-bond acceptors (Lipinski definition) is 7. The number of pyridine rings is 1. The second kappa shape index (κ2) is 9.08. The van der Waals surface area contributed by atoms with Gasteiger partial charge in [0.15, 0.2) is 0 Å². The molecule has 0 radical (unpaired) electrons. The molecule has 0 saturated carbocycles. The van der Waals surface area contributed by atoms with Crippen LogP contribution in [0.15, 0.2) is 48.5 Å². The number of aromatic nitrogens is 1. The van der Waals surface area contributed by atoms with Crippen LogP contribution in [0, 0.1) is 28.4 Å². The highest BCUT2D eigenvalue weighted by atomic mass is 16.6. The predicted octanol–water partition coefficient (Wildman–Crippen LogP) is 3.81. The lowest BCUT2D eigenvalue weighted by Gasteiger charge is -2.35. The molecule has 1 aliphatic heterocycles. The zero-order chi connectivity index (χ0) is 21.8. The number of nitro benzene ring substituents is 1. The molecule has 31 heavy (non-hydrogen) atoms. The van der Waals surface area contributed by atoms with Gasteiger partial charge in [0.25, 0.3) is 5.69 Å². The quantitative estimate of drug-likeness (QED) is 0.480. The van der Waals surface area contributed by atoms with E-state index in [4.69, 9.17) is 4.74 Å². The maximum atomic E-state index is 11.1. The number of hydrogen-bond donors (Lipinski definition) is 1. The molecule has 1 fully saturated rings. The summed E-state index contributed by atoms with van der Waals surface area (Å²) in [5.74, 6) is 0.572. The first-order chi connectivity index (χ1) is 15.0. The standard InChI is InChI=1S/C23H23N5O3/c1-16-2-4-17(5-3-16)22(27-8-10-31-11-9-27)15-25-23-12-18(14-24)20-13-19(28(29)30)6-7-21(20)26-23/h2-7,12-13,22H,8-11,15H2,1H3,(H,25,26). The second-order valence-electron chi connectivity index (χ2n) is 7.58. The van der Waals surface area contributed by atoms with Crippen molar-refractivity contribution in [2.45, 2.75) is 13.0 Å². The Bertz CT molecular complexity index is 1130. The Hall–Kier alpha value is -3.54. The summed E-state index contributed by atoms with van der Waals surface area (Å²) in [5, 5.41) is 24.5. The molecule has 2 aromatic carbocycles. The van der Waals surface area contributed by atoms with Crippen LogP contribution in [0.2, 0.25) is 0 Å². The Balaban J connectivity index is 1.61. The molecule has 0 aliphatic carbocycles. The minimum Gasteiger partial charge on any atom is -0.379 e. The van der Waals surface area contributed by atoms with Gasteiger partial charge >= 0.3 is 0 Å². The molecule has 0 amide bonds. The summed E-state index contributed by atoms with van der Waals surface area (Å²) in [6, 6.07) is 16.8. The number of rotatable bonds is 6. The van der Waals surface area contributed by atoms with Gasteiger partial charge in [-0.3, -0.25) is 15.0 Å². The summed E-state index contributed by atoms with van der Waals surface area (Å²) in [6.07, 6.45) is 0. The van der Waals surface area contributed by atoms with Crippen molar-refractivity contribution in [1.29, 1.82) is 5.26 Å². The van der Waals surface area contributed by atoms with Crippen molar-refractivity contribution in [3.05, 3.63) is 75.3 Å². The average Bonchev–Trinajstić information content (AvgIpc) is 2.80. The van der Waals surface area contributed by atoms with E-state index in [0.717, 1.165) is 13.1 Å². The SMILES string of the molecule is Cc1ccc(C(CNc2cc(C#N)c3cc([N+](=O)[O-])ccc3n2)N2CCOCC2)cc1. The Morgan fingerprint density at radius 1 is 1.23 bits per heavy atom. The molecule has 0 bridgehead atoms. The number of anilines is 1. The average molecular weight is 417 g/mol. The number of nitrogens with one attached hydrogen (secondary N) is 1. The fourth-order valence-corrected chi connectivity index (χ4v) is 3.85. The van der Waals surface area contributed by atoms with Crippen molar-refractivity contribution in [3.63, 3.8) is 0 Å². The summed E-state index contributed by atoms with van der Waals surface area (Å²) in [4.78, 5) is 17.6. The molecule has 1 N–H and O–H groups in total. The van der Waals surface area contributed by atoms with Crippen LogP contribution < -0.4 is 5.32 Å². The minimum absolute atomic E-state index is 0.0572. The fraction of sp³-hybridized carbons (Fsp3) is 0.304. The van der Waals surface area contributed by atoms with Gasteiger partial charge in [-0.1, -0.05) is 29.8 Å². The normalized spacial score (nSPS) is 15.4. The first kappa shape index (κ1) is 20.7. The second-order valence-corrected chi connectivity index (χ2v) is 7.58. The van der Waals surface area contributed by atoms with Crippen LogP contribution in [0.4, 0.5) is 11.5 Å². The summed E-state index contributed by atoms with van der Waals surface area (Å²) in [5.41, 5.74) is 3.26. The zero-order valence-corrected chi connectivity index (χ0v) is 17.2. The molecule has 158 valence electrons. The minimum atomic E-state index is -0.471. The van der Waals surface area contributed by atoms with Crippen LogP contribution in [0.3, 0.4) is 0 Å². The number of nitriles is 1. The van der Waals surface area contributed by atoms with E-state index >= 15 is 0 Å². The zero-order valence-electron chi connectivity index (χ0n) is 17.2. The number of aryl methyl sites for hydroxylation is 1. The maximum Gasteiger partial charge on any atom is 0.270 e. The molecule has 3 aromatic rings. The number of morpholine rings is 1. The van der Waals surface area contributed by atoms with Gasteiger partial charge in [-0.15, -0.1) is 0 Å². The largest absolute Gasteiger partial charge is 0.379 e. The van der Waals surface area contributed by atoms with Crippen molar-refractivity contribution in [3.8, 4) is 6.07 Å². The third kappa shape index (κ3) is 4.63. The van der Waals surface area contributed by atoms with E-state index < -0.39 is 4.92 Å². The molecule has 0 spiro atoms. The van der Waals surface area contributed by atoms with Gasteiger partial charge in [-0.05, 0) is 24.6 Å². The number of nitro groups is 1. The van der Waals surface area contributed by atoms with E-state index in [2.05, 4.69) is 52.5 Å². The van der Waals surface area contributed by atoms with Crippen LogP contribution >= 0.6 is 0 Å². The number of benzene rings is 2. The Morgan fingerprint density at radius 3 is 2.65 bits per heavy atom. The van der Waals surface area contributed by atoms with Gasteiger partial charge in [0.2, 0.25) is 0 Å². The molecule has 4 rings (SSSR count). The lowest BCUT2D eigenvalue weighted by molar-refractivity contribution is -0.384. The predicted molar refractivity (Wildman–Crippen MR) is 118 cm³/mol. The summed E-state index contributed by atoms with van der Waals surface area (Å²) in [7, 11) is 0. The number of fused-ring (bicyclic) bond motifs is 1. The van der Waals surface area contributed by atoms with Gasteiger partial charge < -0.3 is 10.1 Å². The van der Waals surface area contributed by atoms with Crippen molar-refractivity contribution in [2.75, 3.05) is 38.2 Å². The van der Waals surface area contributed by atoms with Crippen molar-refractivity contribution in [1.82, 2.24) is 9.88 Å². The lowest BCUT2D eigenvalue weighted by atomic mass is 10.0. The van der Waals surface area contributed by atoms with E-state index in [1.54, 1.807) is 12.1 Å². The third-order valence-electron chi connectivity index (χ3n) is 5.55. The van der Waals surface area contributed by atoms with Crippen LogP contribution in [-0.4, -0.2) is 47.7 Å². The molecule has 8 heteroatoms. The molecule has 2 heterocycles. The van der Waals surface area contributed by atoms with Gasteiger partial charge in [-0.25, -0.2) is 4.98 Å². The van der Waals surface area contributed by atoms with E-state index in [9.17, 15) is 15.4 Å². The Labute approximate surface area is 180 Å². The lowest BCUT2D eigenvalue weighted by Crippen LogP contribution is -2.41. The highest BCUT2D eigenvalue weighted by molar-refractivity contribution is 5.88. The Morgan fingerprint density at radius 2 is 1.97 bits per heavy atom. The van der Waals surface area contributed by atoms with E-state index in [1.165, 1.54) is 23.3 Å². The van der Waals surface area contributed by atoms with Crippen LogP contribution in [0.25, 0.3) is 10.9 Å². The third-order valence-corrected chi connectivity index (χ3v) is 5.55. The molecule has 1 atom stereocenters. The fourth-order valence-electron chi connectivity index (χ4n) is 3.85. The van der Waals surface area contributed by atoms with E-state index in [1.807, 2.05) is 0 Å². The number of nitrogens with zero attached hydrogens (tertiary/aromatic N) is 4. The van der Waals surface area contributed by atoms with Crippen LogP contribution in [-0.2, 0) is 4.74 Å². The van der Waals surface area contributed by atoms with Crippen LogP contribution in [0.1, 0.15) is 22.7 Å². The number of non-ortho nitro benzene ring substituents is 1. The smallest absolute Gasteiger partial charge is 0.270 e. The monoisotopic (exact) mass is 417 g/mol. The topological polar surface area (TPSA) is 104 Å². The van der Waals surface area contributed by atoms with Crippen LogP contribution in [0.5, 0.6) is 0 Å². The molecule has 1 aliphatic rings. The summed E-state index contributed by atoms with van der Waals surface area (Å²) < 4.78 is 5.51. The number of ether oxygens (including phenoxy) is 1. The first-order valence-electron chi connectivity index (χ1n) is 10.2. The maximum absolute atomic E-state index is 11.1. The van der Waals surface area contributed by atoms with Gasteiger partial charge in [0.1, 0.15) is 5.82 Å². The van der Waals surface area contributed by atoms with Crippen molar-refractivity contribution in [2.24, 2.45) is 0 Å².